The van der Waals surface area contributed by atoms with Gasteiger partial charge in [0.2, 0.25) is 0 Å². The molecule has 1 heterocycles. The van der Waals surface area contributed by atoms with Gasteiger partial charge in [-0.05, 0) is 23.6 Å². The third-order valence-electron chi connectivity index (χ3n) is 2.49. The summed E-state index contributed by atoms with van der Waals surface area (Å²) in [7, 11) is 0. The first-order valence-corrected chi connectivity index (χ1v) is 4.34. The summed E-state index contributed by atoms with van der Waals surface area (Å²) in [5.74, 6) is 0. The molecule has 0 bridgehead atoms. The van der Waals surface area contributed by atoms with E-state index in [0.717, 1.165) is 0 Å². The highest BCUT2D eigenvalue weighted by Gasteiger charge is 2.11. The van der Waals surface area contributed by atoms with Crippen molar-refractivity contribution < 1.29 is 4.42 Å². The fourth-order valence-corrected chi connectivity index (χ4v) is 1.75. The maximum absolute atomic E-state index is 11.3. The van der Waals surface area contributed by atoms with Crippen LogP contribution in [0.1, 0.15) is 0 Å². The van der Waals surface area contributed by atoms with Gasteiger partial charge in [0.05, 0.1) is 10.8 Å². The molecule has 3 rings (SSSR count). The minimum atomic E-state index is -0.683. The van der Waals surface area contributed by atoms with Crippen LogP contribution in [0, 0.1) is 0 Å². The molecule has 3 aromatic rings. The van der Waals surface area contributed by atoms with Crippen molar-refractivity contribution in [2.24, 2.45) is 0 Å². The molecule has 0 atom stereocenters. The van der Waals surface area contributed by atoms with Crippen molar-refractivity contribution in [3.63, 3.8) is 0 Å². The van der Waals surface area contributed by atoms with Gasteiger partial charge in [-0.25, -0.2) is 9.59 Å². The number of benzene rings is 1. The summed E-state index contributed by atoms with van der Waals surface area (Å²) in [5, 5.41) is 1.51. The summed E-state index contributed by atoms with van der Waals surface area (Å²) >= 11 is 0. The molecule has 0 saturated heterocycles. The molecule has 0 fully saturated rings. The monoisotopic (exact) mass is 200 g/mol. The molecule has 0 N–H and O–H groups in total. The standard InChI is InChI=1S/C11H4O4/c12-9-2-1-5-3-7-8(4-6(5)9)11(14)15-10(7)13/h1-4H. The first-order valence-electron chi connectivity index (χ1n) is 4.34. The van der Waals surface area contributed by atoms with Crippen molar-refractivity contribution >= 4 is 21.5 Å². The summed E-state index contributed by atoms with van der Waals surface area (Å²) in [6.45, 7) is 0. The largest absolute Gasteiger partial charge is 0.386 e. The van der Waals surface area contributed by atoms with Crippen LogP contribution in [0.2, 0.25) is 0 Å². The molecule has 72 valence electrons. The molecule has 0 radical (unpaired) electrons. The van der Waals surface area contributed by atoms with Gasteiger partial charge in [0.25, 0.3) is 0 Å². The lowest BCUT2D eigenvalue weighted by molar-refractivity contribution is 0.500. The van der Waals surface area contributed by atoms with E-state index in [0.29, 0.717) is 10.8 Å². The average molecular weight is 200 g/mol. The fourth-order valence-electron chi connectivity index (χ4n) is 1.75. The summed E-state index contributed by atoms with van der Waals surface area (Å²) in [6, 6.07) is 5.96. The highest BCUT2D eigenvalue weighted by molar-refractivity contribution is 5.98. The van der Waals surface area contributed by atoms with Crippen LogP contribution in [0.3, 0.4) is 0 Å². The molecule has 0 spiro atoms. The Labute approximate surface area is 82.1 Å². The van der Waals surface area contributed by atoms with Gasteiger partial charge in [-0.15, -0.1) is 0 Å². The van der Waals surface area contributed by atoms with E-state index in [1.807, 2.05) is 0 Å². The third kappa shape index (κ3) is 0.929. The average Bonchev–Trinajstić information content (AvgIpc) is 2.70. The van der Waals surface area contributed by atoms with Gasteiger partial charge in [0.15, 0.2) is 5.43 Å². The van der Waals surface area contributed by atoms with Crippen molar-refractivity contribution in [1.29, 1.82) is 0 Å². The van der Waals surface area contributed by atoms with Crippen LogP contribution >= 0.6 is 0 Å². The van der Waals surface area contributed by atoms with Crippen LogP contribution < -0.4 is 16.7 Å². The molecule has 0 unspecified atom stereocenters. The van der Waals surface area contributed by atoms with Crippen molar-refractivity contribution in [3.05, 3.63) is 55.3 Å². The van der Waals surface area contributed by atoms with Crippen molar-refractivity contribution in [2.45, 2.75) is 0 Å². The zero-order valence-electron chi connectivity index (χ0n) is 7.44. The molecule has 0 aliphatic heterocycles. The number of rotatable bonds is 0. The van der Waals surface area contributed by atoms with Crippen molar-refractivity contribution in [2.75, 3.05) is 0 Å². The Balaban J connectivity index is 2.75. The van der Waals surface area contributed by atoms with Crippen LogP contribution in [0.15, 0.2) is 43.1 Å². The minimum Gasteiger partial charge on any atom is -0.386 e. The van der Waals surface area contributed by atoms with Gasteiger partial charge in [-0.1, -0.05) is 6.07 Å². The molecule has 4 nitrogen and oxygen atoms in total. The SMILES string of the molecule is O=c1ccc2cc3c(=O)oc(=O)c3cc12. The Morgan fingerprint density at radius 2 is 1.47 bits per heavy atom. The zero-order chi connectivity index (χ0) is 10.6. The van der Waals surface area contributed by atoms with Gasteiger partial charge in [-0.2, -0.15) is 0 Å². The van der Waals surface area contributed by atoms with Gasteiger partial charge < -0.3 is 4.42 Å². The molecule has 2 aromatic carbocycles. The second-order valence-corrected chi connectivity index (χ2v) is 3.36. The van der Waals surface area contributed by atoms with E-state index in [4.69, 9.17) is 0 Å². The van der Waals surface area contributed by atoms with Gasteiger partial charge in [-0.3, -0.25) is 4.79 Å². The first-order chi connectivity index (χ1) is 7.16. The normalized spacial score (nSPS) is 11.5. The molecular weight excluding hydrogens is 196 g/mol. The lowest BCUT2D eigenvalue weighted by Gasteiger charge is -1.87. The maximum Gasteiger partial charge on any atom is 0.346 e. The Hall–Kier alpha value is -2.23. The summed E-state index contributed by atoms with van der Waals surface area (Å²) in [5.41, 5.74) is -1.48. The molecule has 0 aliphatic carbocycles. The molecule has 1 aromatic heterocycles. The maximum atomic E-state index is 11.3. The number of furan rings is 1. The summed E-state index contributed by atoms with van der Waals surface area (Å²) < 4.78 is 4.43. The lowest BCUT2D eigenvalue weighted by atomic mass is 10.1. The Morgan fingerprint density at radius 1 is 0.800 bits per heavy atom. The Morgan fingerprint density at radius 3 is 2.20 bits per heavy atom. The van der Waals surface area contributed by atoms with Crippen molar-refractivity contribution in [1.82, 2.24) is 0 Å². The summed E-state index contributed by atoms with van der Waals surface area (Å²) in [6.07, 6.45) is 0. The molecule has 0 aliphatic rings. The highest BCUT2D eigenvalue weighted by Crippen LogP contribution is 2.16. The Kier molecular flexibility index (Phi) is 1.31. The van der Waals surface area contributed by atoms with E-state index in [1.165, 1.54) is 18.2 Å². The molecule has 4 heteroatoms. The smallest absolute Gasteiger partial charge is 0.346 e. The van der Waals surface area contributed by atoms with Gasteiger partial charge in [0, 0.05) is 5.39 Å². The van der Waals surface area contributed by atoms with Crippen molar-refractivity contribution in [3.8, 4) is 0 Å². The van der Waals surface area contributed by atoms with E-state index in [1.54, 1.807) is 6.07 Å². The topological polar surface area (TPSA) is 64.3 Å². The molecule has 0 amide bonds. The van der Waals surface area contributed by atoms with E-state index in [2.05, 4.69) is 4.42 Å². The van der Waals surface area contributed by atoms with E-state index in [-0.39, 0.29) is 16.2 Å². The van der Waals surface area contributed by atoms with E-state index in [9.17, 15) is 14.4 Å². The highest BCUT2D eigenvalue weighted by atomic mass is 16.4. The fraction of sp³-hybridized carbons (Fsp3) is 0. The third-order valence-corrected chi connectivity index (χ3v) is 2.49. The van der Waals surface area contributed by atoms with Gasteiger partial charge in [0.1, 0.15) is 0 Å². The lowest BCUT2D eigenvalue weighted by Crippen LogP contribution is -1.94. The predicted octanol–water partition coefficient (Wildman–Crippen LogP) is 0.542. The van der Waals surface area contributed by atoms with Crippen LogP contribution in [0.4, 0.5) is 0 Å². The minimum absolute atomic E-state index is 0.153. The zero-order valence-corrected chi connectivity index (χ0v) is 7.44. The van der Waals surface area contributed by atoms with Crippen LogP contribution in [0.5, 0.6) is 0 Å². The predicted molar refractivity (Wildman–Crippen MR) is 54.9 cm³/mol. The van der Waals surface area contributed by atoms with Gasteiger partial charge >= 0.3 is 11.3 Å². The second-order valence-electron chi connectivity index (χ2n) is 3.36. The number of hydrogen-bond donors (Lipinski definition) is 0. The molecule has 0 saturated carbocycles. The van der Waals surface area contributed by atoms with Crippen LogP contribution in [-0.4, -0.2) is 0 Å². The molecule has 15 heavy (non-hydrogen) atoms. The molecular formula is C11H4O4. The van der Waals surface area contributed by atoms with Crippen LogP contribution in [-0.2, 0) is 0 Å². The van der Waals surface area contributed by atoms with Crippen LogP contribution in [0.25, 0.3) is 21.5 Å². The summed E-state index contributed by atoms with van der Waals surface area (Å²) in [4.78, 5) is 33.7. The number of hydrogen-bond acceptors (Lipinski definition) is 4. The van der Waals surface area contributed by atoms with E-state index >= 15 is 0 Å². The first kappa shape index (κ1) is 8.11. The van der Waals surface area contributed by atoms with E-state index < -0.39 is 11.3 Å². The Bertz CT molecular complexity index is 816. The second kappa shape index (κ2) is 2.42. The number of fused-ring (bicyclic) bond motifs is 2. The quantitative estimate of drug-likeness (QED) is 0.531.